The van der Waals surface area contributed by atoms with Gasteiger partial charge in [-0.05, 0) is 25.7 Å². The summed E-state index contributed by atoms with van der Waals surface area (Å²) >= 11 is 0. The fraction of sp³-hybridized carbons (Fsp3) is 0.800. The first kappa shape index (κ1) is 11.3. The van der Waals surface area contributed by atoms with E-state index in [1.165, 1.54) is 0 Å². The monoisotopic (exact) mass is 200 g/mol. The van der Waals surface area contributed by atoms with Crippen molar-refractivity contribution in [3.05, 3.63) is 0 Å². The highest BCUT2D eigenvalue weighted by atomic mass is 17.2. The fourth-order valence-electron chi connectivity index (χ4n) is 1.38. The molecule has 0 aromatic carbocycles. The van der Waals surface area contributed by atoms with Gasteiger partial charge in [0.1, 0.15) is 0 Å². The molecule has 0 radical (unpaired) electrons. The summed E-state index contributed by atoms with van der Waals surface area (Å²) in [7, 11) is 0. The van der Waals surface area contributed by atoms with Crippen LogP contribution in [-0.2, 0) is 19.4 Å². The summed E-state index contributed by atoms with van der Waals surface area (Å²) in [6, 6.07) is 0. The maximum atomic E-state index is 10.9. The minimum Gasteiger partial charge on any atom is -0.300 e. The lowest BCUT2D eigenvalue weighted by molar-refractivity contribution is -0.417. The normalized spacial score (nSPS) is 38.3. The minimum atomic E-state index is -0.901. The molecule has 4 nitrogen and oxygen atoms in total. The first-order valence-electron chi connectivity index (χ1n) is 4.77. The number of aldehydes is 2. The van der Waals surface area contributed by atoms with Gasteiger partial charge in [-0.2, -0.15) is 0 Å². The predicted molar refractivity (Wildman–Crippen MR) is 49.5 cm³/mol. The summed E-state index contributed by atoms with van der Waals surface area (Å²) in [5.41, 5.74) is -1.79. The molecule has 0 bridgehead atoms. The Hall–Kier alpha value is -0.740. The van der Waals surface area contributed by atoms with E-state index in [2.05, 4.69) is 0 Å². The number of rotatable bonds is 3. The molecule has 1 aliphatic rings. The second-order valence-electron chi connectivity index (χ2n) is 4.32. The molecule has 1 aliphatic heterocycles. The number of carbonyl (C=O) groups excluding carboxylic acids is 2. The highest BCUT2D eigenvalue weighted by Crippen LogP contribution is 2.35. The smallest absolute Gasteiger partial charge is 0.161 e. The highest BCUT2D eigenvalue weighted by Gasteiger charge is 2.45. The van der Waals surface area contributed by atoms with Crippen molar-refractivity contribution in [3.8, 4) is 0 Å². The molecule has 14 heavy (non-hydrogen) atoms. The lowest BCUT2D eigenvalue weighted by Gasteiger charge is -2.40. The van der Waals surface area contributed by atoms with Crippen LogP contribution in [0.4, 0.5) is 0 Å². The number of hydrogen-bond acceptors (Lipinski definition) is 4. The van der Waals surface area contributed by atoms with Crippen molar-refractivity contribution in [2.75, 3.05) is 0 Å². The molecule has 0 aliphatic carbocycles. The van der Waals surface area contributed by atoms with Crippen LogP contribution in [0.1, 0.15) is 33.6 Å². The zero-order valence-electron chi connectivity index (χ0n) is 8.78. The molecule has 1 fully saturated rings. The van der Waals surface area contributed by atoms with Gasteiger partial charge in [-0.15, -0.1) is 0 Å². The van der Waals surface area contributed by atoms with E-state index in [9.17, 15) is 9.59 Å². The number of carbonyl (C=O) groups is 2. The van der Waals surface area contributed by atoms with E-state index in [0.29, 0.717) is 19.1 Å². The SMILES string of the molecule is CC(C)[C@@]1(C=O)CC[C@](C)(C=O)OO1. The van der Waals surface area contributed by atoms with Crippen molar-refractivity contribution in [2.45, 2.75) is 44.8 Å². The van der Waals surface area contributed by atoms with Crippen LogP contribution in [0.15, 0.2) is 0 Å². The Morgan fingerprint density at radius 3 is 2.07 bits per heavy atom. The van der Waals surface area contributed by atoms with Crippen molar-refractivity contribution < 1.29 is 19.4 Å². The van der Waals surface area contributed by atoms with Crippen molar-refractivity contribution in [2.24, 2.45) is 5.92 Å². The summed E-state index contributed by atoms with van der Waals surface area (Å²) in [5, 5.41) is 0. The molecular formula is C10H16O4. The Labute approximate surface area is 83.5 Å². The molecular weight excluding hydrogens is 184 g/mol. The van der Waals surface area contributed by atoms with Crippen LogP contribution in [0.25, 0.3) is 0 Å². The second kappa shape index (κ2) is 3.79. The summed E-state index contributed by atoms with van der Waals surface area (Å²) in [6.07, 6.45) is 2.50. The summed E-state index contributed by atoms with van der Waals surface area (Å²) in [4.78, 5) is 31.7. The molecule has 0 saturated carbocycles. The molecule has 1 rings (SSSR count). The van der Waals surface area contributed by atoms with Gasteiger partial charge >= 0.3 is 0 Å². The quantitative estimate of drug-likeness (QED) is 0.508. The molecule has 0 aromatic heterocycles. The van der Waals surface area contributed by atoms with Gasteiger partial charge in [0.05, 0.1) is 0 Å². The zero-order chi connectivity index (χ0) is 10.8. The van der Waals surface area contributed by atoms with Crippen molar-refractivity contribution in [3.63, 3.8) is 0 Å². The van der Waals surface area contributed by atoms with Crippen molar-refractivity contribution >= 4 is 12.6 Å². The molecule has 0 aromatic rings. The van der Waals surface area contributed by atoms with Crippen LogP contribution in [0.5, 0.6) is 0 Å². The maximum absolute atomic E-state index is 10.9. The van der Waals surface area contributed by atoms with Crippen LogP contribution >= 0.6 is 0 Å². The fourth-order valence-corrected chi connectivity index (χ4v) is 1.38. The van der Waals surface area contributed by atoms with Crippen LogP contribution in [0.2, 0.25) is 0 Å². The van der Waals surface area contributed by atoms with E-state index < -0.39 is 11.2 Å². The van der Waals surface area contributed by atoms with E-state index in [-0.39, 0.29) is 5.92 Å². The summed E-state index contributed by atoms with van der Waals surface area (Å²) < 4.78 is 0. The van der Waals surface area contributed by atoms with E-state index >= 15 is 0 Å². The predicted octanol–water partition coefficient (Wildman–Crippen LogP) is 1.28. The Kier molecular flexibility index (Phi) is 3.07. The lowest BCUT2D eigenvalue weighted by Crippen LogP contribution is -2.50. The summed E-state index contributed by atoms with van der Waals surface area (Å²) in [5.74, 6) is 0.0382. The van der Waals surface area contributed by atoms with Crippen molar-refractivity contribution in [1.82, 2.24) is 0 Å². The minimum absolute atomic E-state index is 0.0382. The Morgan fingerprint density at radius 2 is 1.79 bits per heavy atom. The average molecular weight is 200 g/mol. The molecule has 0 N–H and O–H groups in total. The van der Waals surface area contributed by atoms with Gasteiger partial charge in [0.25, 0.3) is 0 Å². The number of hydrogen-bond donors (Lipinski definition) is 0. The van der Waals surface area contributed by atoms with E-state index in [0.717, 1.165) is 6.29 Å². The van der Waals surface area contributed by atoms with Gasteiger partial charge in [0, 0.05) is 0 Å². The molecule has 0 spiro atoms. The Bertz CT molecular complexity index is 226. The molecule has 0 unspecified atom stereocenters. The van der Waals surface area contributed by atoms with Crippen LogP contribution in [-0.4, -0.2) is 23.8 Å². The van der Waals surface area contributed by atoms with Crippen LogP contribution in [0.3, 0.4) is 0 Å². The standard InChI is InChI=1S/C10H16O4/c1-8(2)10(7-12)5-4-9(3,6-11)13-14-10/h6-8H,4-5H2,1-3H3/t9-,10+/m1/s1. The Balaban J connectivity index is 2.73. The van der Waals surface area contributed by atoms with Gasteiger partial charge in [0.2, 0.25) is 0 Å². The van der Waals surface area contributed by atoms with Crippen molar-refractivity contribution in [1.29, 1.82) is 0 Å². The van der Waals surface area contributed by atoms with Gasteiger partial charge < -0.3 is 4.79 Å². The maximum Gasteiger partial charge on any atom is 0.161 e. The van der Waals surface area contributed by atoms with E-state index in [4.69, 9.17) is 9.78 Å². The summed E-state index contributed by atoms with van der Waals surface area (Å²) in [6.45, 7) is 5.43. The topological polar surface area (TPSA) is 52.6 Å². The molecule has 1 heterocycles. The third-order valence-electron chi connectivity index (χ3n) is 2.83. The second-order valence-corrected chi connectivity index (χ2v) is 4.32. The highest BCUT2D eigenvalue weighted by molar-refractivity contribution is 5.65. The first-order chi connectivity index (χ1) is 6.48. The third kappa shape index (κ3) is 1.86. The first-order valence-corrected chi connectivity index (χ1v) is 4.77. The van der Waals surface area contributed by atoms with E-state index in [1.807, 2.05) is 13.8 Å². The molecule has 2 atom stereocenters. The Morgan fingerprint density at radius 1 is 1.14 bits per heavy atom. The van der Waals surface area contributed by atoms with Gasteiger partial charge in [-0.3, -0.25) is 4.79 Å². The lowest BCUT2D eigenvalue weighted by atomic mass is 9.83. The molecule has 4 heteroatoms. The van der Waals surface area contributed by atoms with Crippen LogP contribution < -0.4 is 0 Å². The van der Waals surface area contributed by atoms with Gasteiger partial charge in [-0.25, -0.2) is 9.78 Å². The zero-order valence-corrected chi connectivity index (χ0v) is 8.78. The largest absolute Gasteiger partial charge is 0.300 e. The van der Waals surface area contributed by atoms with E-state index in [1.54, 1.807) is 6.92 Å². The average Bonchev–Trinajstić information content (AvgIpc) is 2.19. The third-order valence-corrected chi connectivity index (χ3v) is 2.83. The van der Waals surface area contributed by atoms with Crippen LogP contribution in [0, 0.1) is 5.92 Å². The van der Waals surface area contributed by atoms with Gasteiger partial charge in [-0.1, -0.05) is 13.8 Å². The molecule has 0 amide bonds. The molecule has 1 saturated heterocycles. The van der Waals surface area contributed by atoms with Gasteiger partial charge in [0.15, 0.2) is 23.8 Å². The molecule has 80 valence electrons.